The fraction of sp³-hybridized carbons (Fsp3) is 1.00. The van der Waals surface area contributed by atoms with Crippen molar-refractivity contribution in [3.63, 3.8) is 0 Å². The van der Waals surface area contributed by atoms with Crippen LogP contribution in [0.4, 0.5) is 0 Å². The maximum Gasteiger partial charge on any atom is 0.242 e. The van der Waals surface area contributed by atoms with Gasteiger partial charge in [0.1, 0.15) is 0 Å². The van der Waals surface area contributed by atoms with Crippen LogP contribution >= 0.6 is 17.9 Å². The molecule has 0 saturated carbocycles. The van der Waals surface area contributed by atoms with Gasteiger partial charge in [0, 0.05) is 0 Å². The molecule has 2 nitrogen and oxygen atoms in total. The van der Waals surface area contributed by atoms with Crippen molar-refractivity contribution < 1.29 is 9.42 Å². The van der Waals surface area contributed by atoms with Gasteiger partial charge < -0.3 is 9.42 Å². The zero-order valence-corrected chi connectivity index (χ0v) is 22.7. The van der Waals surface area contributed by atoms with Crippen molar-refractivity contribution in [3.05, 3.63) is 0 Å². The first-order valence-corrected chi connectivity index (χ1v) is 16.2. The van der Waals surface area contributed by atoms with E-state index in [4.69, 9.17) is 16.3 Å². The van der Waals surface area contributed by atoms with Gasteiger partial charge in [-0.1, -0.05) is 130 Å². The van der Waals surface area contributed by atoms with E-state index in [9.17, 15) is 4.89 Å². The highest BCUT2D eigenvalue weighted by molar-refractivity contribution is 8.59. The predicted octanol–water partition coefficient (Wildman–Crippen LogP) is 9.46. The molecule has 0 fully saturated rings. The maximum absolute atomic E-state index is 10.3. The van der Waals surface area contributed by atoms with Crippen molar-refractivity contribution in [2.45, 2.75) is 143 Å². The molecule has 0 aromatic rings. The van der Waals surface area contributed by atoms with Gasteiger partial charge in [-0.05, 0) is 42.9 Å². The Morgan fingerprint density at radius 3 is 1.48 bits per heavy atom. The molecule has 1 N–H and O–H groups in total. The summed E-state index contributed by atoms with van der Waals surface area (Å²) in [5.74, 6) is 1.55. The number of hydrogen-bond donors (Lipinski definition) is 2. The van der Waals surface area contributed by atoms with Gasteiger partial charge >= 0.3 is 0 Å². The summed E-state index contributed by atoms with van der Waals surface area (Å²) in [5, 5.41) is 0. The lowest BCUT2D eigenvalue weighted by Crippen LogP contribution is -2.31. The first kappa shape index (κ1) is 29.9. The lowest BCUT2D eigenvalue weighted by atomic mass is 9.85. The van der Waals surface area contributed by atoms with Crippen molar-refractivity contribution in [1.29, 1.82) is 0 Å². The maximum atomic E-state index is 10.3. The molecule has 0 bridgehead atoms. The van der Waals surface area contributed by atoms with E-state index in [1.165, 1.54) is 70.6 Å². The van der Waals surface area contributed by atoms with Crippen molar-refractivity contribution in [1.82, 2.24) is 0 Å². The second kappa shape index (κ2) is 17.5. The van der Waals surface area contributed by atoms with Crippen molar-refractivity contribution in [3.8, 4) is 0 Å². The third kappa shape index (κ3) is 19.3. The van der Waals surface area contributed by atoms with Gasteiger partial charge in [-0.2, -0.15) is 0 Å². The number of rotatable bonds is 20. The summed E-state index contributed by atoms with van der Waals surface area (Å²) in [5.41, 5.74) is -3.23. The molecule has 0 heterocycles. The second-order valence-electron chi connectivity index (χ2n) is 9.92. The largest absolute Gasteiger partial charge is 0.338 e. The van der Waals surface area contributed by atoms with Crippen molar-refractivity contribution >= 4 is 29.7 Å². The molecular formula is C24H51O2PS2. The van der Waals surface area contributed by atoms with Gasteiger partial charge in [-0.15, -0.1) is 0 Å². The molecule has 1 unspecified atom stereocenters. The Hall–Kier alpha value is 0.920. The highest BCUT2D eigenvalue weighted by Crippen LogP contribution is 2.54. The molecule has 0 aromatic carbocycles. The van der Waals surface area contributed by atoms with E-state index in [0.29, 0.717) is 0 Å². The molecule has 0 radical (unpaired) electrons. The Balaban J connectivity index is 4.86. The molecule has 0 aliphatic heterocycles. The Labute approximate surface area is 193 Å². The molecule has 0 rings (SSSR count). The lowest BCUT2D eigenvalue weighted by Gasteiger charge is -2.36. The summed E-state index contributed by atoms with van der Waals surface area (Å²) in [4.78, 5) is 10.3. The van der Waals surface area contributed by atoms with Crippen LogP contribution in [0.2, 0.25) is 0 Å². The second-order valence-corrected chi connectivity index (χ2v) is 15.0. The summed E-state index contributed by atoms with van der Waals surface area (Å²) in [7, 11) is 0. The summed E-state index contributed by atoms with van der Waals surface area (Å²) < 4.78 is 6.23. The number of thiol groups is 1. The van der Waals surface area contributed by atoms with Crippen LogP contribution in [0.5, 0.6) is 0 Å². The first-order chi connectivity index (χ1) is 13.6. The molecule has 0 aromatic heterocycles. The minimum Gasteiger partial charge on any atom is -0.338 e. The van der Waals surface area contributed by atoms with E-state index in [2.05, 4.69) is 46.9 Å². The highest BCUT2D eigenvalue weighted by atomic mass is 32.9. The highest BCUT2D eigenvalue weighted by Gasteiger charge is 2.34. The molecule has 29 heavy (non-hydrogen) atoms. The molecule has 176 valence electrons. The molecule has 0 aliphatic carbocycles. The third-order valence-corrected chi connectivity index (χ3v) is 6.97. The fourth-order valence-corrected chi connectivity index (χ4v) is 5.94. The average Bonchev–Trinajstić information content (AvgIpc) is 2.59. The van der Waals surface area contributed by atoms with Crippen molar-refractivity contribution in [2.75, 3.05) is 0 Å². The zero-order chi connectivity index (χ0) is 22.2. The van der Waals surface area contributed by atoms with Crippen LogP contribution in [-0.4, -0.2) is 10.5 Å². The quantitative estimate of drug-likeness (QED) is 0.106. The van der Waals surface area contributed by atoms with Crippen LogP contribution in [-0.2, 0) is 16.3 Å². The van der Waals surface area contributed by atoms with E-state index in [0.717, 1.165) is 43.9 Å². The Kier molecular flexibility index (Phi) is 18.0. The van der Waals surface area contributed by atoms with E-state index >= 15 is 0 Å². The number of hydrogen-bond acceptors (Lipinski definition) is 2. The van der Waals surface area contributed by atoms with Crippen LogP contribution in [0.25, 0.3) is 0 Å². The first-order valence-electron chi connectivity index (χ1n) is 12.4. The molecule has 0 amide bonds. The topological polar surface area (TPSA) is 29.5 Å². The predicted molar refractivity (Wildman–Crippen MR) is 139 cm³/mol. The van der Waals surface area contributed by atoms with Crippen LogP contribution in [0.1, 0.15) is 137 Å². The van der Waals surface area contributed by atoms with Gasteiger partial charge in [0.25, 0.3) is 0 Å². The van der Waals surface area contributed by atoms with Gasteiger partial charge in [0.15, 0.2) is 0 Å². The zero-order valence-electron chi connectivity index (χ0n) is 20.1. The molecule has 0 saturated heterocycles. The lowest BCUT2D eigenvalue weighted by molar-refractivity contribution is 0.0385. The van der Waals surface area contributed by atoms with Gasteiger partial charge in [0.2, 0.25) is 5.69 Å². The minimum absolute atomic E-state index is 0.270. The molecular weight excluding hydrogens is 415 g/mol. The molecule has 5 heteroatoms. The van der Waals surface area contributed by atoms with E-state index in [-0.39, 0.29) is 5.60 Å². The fourth-order valence-electron chi connectivity index (χ4n) is 4.17. The summed E-state index contributed by atoms with van der Waals surface area (Å²) >= 11 is 9.50. The van der Waals surface area contributed by atoms with Gasteiger partial charge in [0.05, 0.1) is 5.60 Å². The Morgan fingerprint density at radius 2 is 1.14 bits per heavy atom. The molecule has 1 atom stereocenters. The third-order valence-electron chi connectivity index (χ3n) is 5.88. The standard InChI is InChI=1S/C24H51O2PS2/c1-6-7-8-9-14-19-24(26-27(25,28)29,20-15-10-12-17-22(2)3)21-16-11-13-18-23(4)5/h22-23H,6-21H2,1-5H3,(H2,25,28,29). The van der Waals surface area contributed by atoms with Gasteiger partial charge in [-0.3, -0.25) is 0 Å². The van der Waals surface area contributed by atoms with Crippen molar-refractivity contribution in [2.24, 2.45) is 11.8 Å². The summed E-state index contributed by atoms with van der Waals surface area (Å²) in [6.07, 6.45) is 19.3. The Morgan fingerprint density at radius 1 is 0.759 bits per heavy atom. The van der Waals surface area contributed by atoms with Gasteiger partial charge in [-0.25, -0.2) is 0 Å². The minimum atomic E-state index is -2.96. The monoisotopic (exact) mass is 466 g/mol. The summed E-state index contributed by atoms with van der Waals surface area (Å²) in [6, 6.07) is 0. The summed E-state index contributed by atoms with van der Waals surface area (Å²) in [6.45, 7) is 11.4. The smallest absolute Gasteiger partial charge is 0.242 e. The van der Waals surface area contributed by atoms with Crippen LogP contribution in [0, 0.1) is 11.8 Å². The molecule has 0 aliphatic rings. The van der Waals surface area contributed by atoms with E-state index in [1.54, 1.807) is 0 Å². The van der Waals surface area contributed by atoms with E-state index < -0.39 is 5.69 Å². The van der Waals surface area contributed by atoms with Crippen LogP contribution < -0.4 is 0 Å². The number of unbranched alkanes of at least 4 members (excludes halogenated alkanes) is 8. The average molecular weight is 467 g/mol. The normalized spacial score (nSPS) is 14.7. The SMILES string of the molecule is CCCCCCCC(CCCCCC(C)C)(CCCCCC(C)C)OP(O)(=S)S. The van der Waals surface area contributed by atoms with Crippen LogP contribution in [0.3, 0.4) is 0 Å². The van der Waals surface area contributed by atoms with E-state index in [1.807, 2.05) is 0 Å². The van der Waals surface area contributed by atoms with Crippen LogP contribution in [0.15, 0.2) is 0 Å². The Bertz CT molecular complexity index is 403. The molecule has 0 spiro atoms.